The van der Waals surface area contributed by atoms with Gasteiger partial charge in [0.1, 0.15) is 23.0 Å². The molecule has 0 radical (unpaired) electrons. The molecule has 1 amide bonds. The fourth-order valence-electron chi connectivity index (χ4n) is 3.75. The minimum atomic E-state index is -0.760. The molecule has 4 rings (SSSR count). The number of anilines is 1. The molecule has 1 fully saturated rings. The number of hydrogen-bond acceptors (Lipinski definition) is 6. The van der Waals surface area contributed by atoms with E-state index in [9.17, 15) is 9.90 Å². The lowest BCUT2D eigenvalue weighted by atomic mass is 10.1. The summed E-state index contributed by atoms with van der Waals surface area (Å²) in [5.41, 5.74) is 1.87. The first-order chi connectivity index (χ1) is 14.2. The number of aliphatic hydroxyl groups is 1. The maximum absolute atomic E-state index is 12.4. The molecular weight excluding hydrogens is 406 g/mol. The number of ether oxygens (including phenoxy) is 1. The molecule has 2 atom stereocenters. The lowest BCUT2D eigenvalue weighted by Gasteiger charge is -2.28. The van der Waals surface area contributed by atoms with Crippen LogP contribution >= 0.6 is 11.6 Å². The Morgan fingerprint density at radius 2 is 2.17 bits per heavy atom. The van der Waals surface area contributed by atoms with Crippen molar-refractivity contribution in [2.45, 2.75) is 51.4 Å². The maximum atomic E-state index is 12.4. The third kappa shape index (κ3) is 4.29. The fourth-order valence-corrected chi connectivity index (χ4v) is 3.92. The second-order valence-corrected chi connectivity index (χ2v) is 9.08. The van der Waals surface area contributed by atoms with E-state index >= 15 is 0 Å². The number of nitrogens with one attached hydrogen (secondary N) is 2. The molecule has 1 aliphatic heterocycles. The summed E-state index contributed by atoms with van der Waals surface area (Å²) in [6, 6.07) is 5.33. The Kier molecular flexibility index (Phi) is 5.46. The largest absolute Gasteiger partial charge is 0.444 e. The van der Waals surface area contributed by atoms with Gasteiger partial charge in [-0.05, 0) is 51.8 Å². The SMILES string of the molecule is CC(C)(C)OC(=O)N1CCC[C@@H](Nc2ncnc3c2[nH]c2ccc(Cl)cc23)[C@H](O)C1. The van der Waals surface area contributed by atoms with Gasteiger partial charge >= 0.3 is 6.09 Å². The number of carbonyl (C=O) groups is 1. The van der Waals surface area contributed by atoms with Crippen LogP contribution in [0.2, 0.25) is 5.02 Å². The highest BCUT2D eigenvalue weighted by Gasteiger charge is 2.31. The maximum Gasteiger partial charge on any atom is 0.410 e. The van der Waals surface area contributed by atoms with E-state index in [0.717, 1.165) is 28.4 Å². The summed E-state index contributed by atoms with van der Waals surface area (Å²) in [4.78, 5) is 26.1. The lowest BCUT2D eigenvalue weighted by molar-refractivity contribution is 0.0167. The highest BCUT2D eigenvalue weighted by molar-refractivity contribution is 6.31. The molecule has 1 aromatic carbocycles. The van der Waals surface area contributed by atoms with Gasteiger partial charge in [-0.15, -0.1) is 0 Å². The van der Waals surface area contributed by atoms with Crippen molar-refractivity contribution in [3.63, 3.8) is 0 Å². The number of β-amino-alcohol motifs (C(OH)–C–C–N with tert-alkyl or cyclic N) is 1. The predicted molar refractivity (Wildman–Crippen MR) is 117 cm³/mol. The Labute approximate surface area is 179 Å². The van der Waals surface area contributed by atoms with Crippen LogP contribution in [0.5, 0.6) is 0 Å². The zero-order chi connectivity index (χ0) is 21.5. The van der Waals surface area contributed by atoms with Gasteiger partial charge in [0.2, 0.25) is 0 Å². The van der Waals surface area contributed by atoms with Gasteiger partial charge in [-0.25, -0.2) is 14.8 Å². The lowest BCUT2D eigenvalue weighted by Crippen LogP contribution is -2.44. The van der Waals surface area contributed by atoms with E-state index < -0.39 is 17.8 Å². The summed E-state index contributed by atoms with van der Waals surface area (Å²) in [6.07, 6.45) is 1.76. The number of aliphatic hydroxyl groups excluding tert-OH is 1. The van der Waals surface area contributed by atoms with E-state index in [4.69, 9.17) is 16.3 Å². The number of aromatic nitrogens is 3. The molecule has 1 aliphatic rings. The quantitative estimate of drug-likeness (QED) is 0.567. The molecule has 2 aromatic heterocycles. The van der Waals surface area contributed by atoms with Crippen molar-refractivity contribution in [1.29, 1.82) is 0 Å². The monoisotopic (exact) mass is 431 g/mol. The molecule has 3 aromatic rings. The highest BCUT2D eigenvalue weighted by atomic mass is 35.5. The van der Waals surface area contributed by atoms with Gasteiger partial charge in [0.15, 0.2) is 5.82 Å². The summed E-state index contributed by atoms with van der Waals surface area (Å²) in [7, 11) is 0. The van der Waals surface area contributed by atoms with E-state index in [1.807, 2.05) is 39.0 Å². The third-order valence-electron chi connectivity index (χ3n) is 5.13. The molecule has 0 saturated carbocycles. The number of hydrogen-bond donors (Lipinski definition) is 3. The van der Waals surface area contributed by atoms with Crippen molar-refractivity contribution < 1.29 is 14.6 Å². The Balaban J connectivity index is 1.55. The number of likely N-dealkylation sites (tertiary alicyclic amines) is 1. The van der Waals surface area contributed by atoms with Gasteiger partial charge in [-0.2, -0.15) is 0 Å². The molecule has 160 valence electrons. The Bertz CT molecular complexity index is 1080. The number of H-pyrrole nitrogens is 1. The van der Waals surface area contributed by atoms with E-state index in [1.54, 1.807) is 4.90 Å². The number of halogens is 1. The van der Waals surface area contributed by atoms with Crippen LogP contribution in [0.3, 0.4) is 0 Å². The number of aromatic amines is 1. The number of carbonyl (C=O) groups excluding carboxylic acids is 1. The molecule has 3 N–H and O–H groups in total. The summed E-state index contributed by atoms with van der Waals surface area (Å²) < 4.78 is 5.45. The predicted octanol–water partition coefficient (Wildman–Crippen LogP) is 3.94. The van der Waals surface area contributed by atoms with Gasteiger partial charge < -0.3 is 25.0 Å². The topological polar surface area (TPSA) is 103 Å². The minimum Gasteiger partial charge on any atom is -0.444 e. The molecule has 0 bridgehead atoms. The fraction of sp³-hybridized carbons (Fsp3) is 0.476. The number of rotatable bonds is 2. The summed E-state index contributed by atoms with van der Waals surface area (Å²) >= 11 is 6.14. The number of nitrogens with zero attached hydrogens (tertiary/aromatic N) is 3. The van der Waals surface area contributed by atoms with E-state index in [2.05, 4.69) is 20.3 Å². The zero-order valence-electron chi connectivity index (χ0n) is 17.3. The van der Waals surface area contributed by atoms with Crippen LogP contribution in [0.15, 0.2) is 24.5 Å². The van der Waals surface area contributed by atoms with Crippen molar-refractivity contribution in [2.24, 2.45) is 0 Å². The molecule has 3 heterocycles. The van der Waals surface area contributed by atoms with Crippen molar-refractivity contribution in [3.05, 3.63) is 29.5 Å². The van der Waals surface area contributed by atoms with E-state index in [0.29, 0.717) is 23.8 Å². The number of fused-ring (bicyclic) bond motifs is 3. The average molecular weight is 432 g/mol. The number of amides is 1. The normalized spacial score (nSPS) is 20.4. The summed E-state index contributed by atoms with van der Waals surface area (Å²) in [5, 5.41) is 15.7. The van der Waals surface area contributed by atoms with E-state index in [1.165, 1.54) is 6.33 Å². The van der Waals surface area contributed by atoms with Crippen LogP contribution in [0.1, 0.15) is 33.6 Å². The standard InChI is InChI=1S/C21H26ClN5O3/c1-21(2,3)30-20(29)27-8-4-5-15(16(28)10-27)26-19-18-17(23-11-24-19)13-9-12(22)6-7-14(13)25-18/h6-7,9,11,15-16,25,28H,4-5,8,10H2,1-3H3,(H,23,24,26)/t15-,16-/m1/s1. The van der Waals surface area contributed by atoms with Crippen molar-refractivity contribution >= 4 is 45.4 Å². The zero-order valence-corrected chi connectivity index (χ0v) is 18.0. The van der Waals surface area contributed by atoms with Crippen molar-refractivity contribution in [3.8, 4) is 0 Å². The molecule has 0 aliphatic carbocycles. The second kappa shape index (κ2) is 7.92. The van der Waals surface area contributed by atoms with Crippen molar-refractivity contribution in [1.82, 2.24) is 19.9 Å². The molecular formula is C21H26ClN5O3. The second-order valence-electron chi connectivity index (χ2n) is 8.65. The smallest absolute Gasteiger partial charge is 0.410 e. The Hall–Kier alpha value is -2.58. The van der Waals surface area contributed by atoms with Crippen LogP contribution in [0, 0.1) is 0 Å². The van der Waals surface area contributed by atoms with Gasteiger partial charge in [0.25, 0.3) is 0 Å². The van der Waals surface area contributed by atoms with Gasteiger partial charge in [-0.3, -0.25) is 0 Å². The Morgan fingerprint density at radius 3 is 2.93 bits per heavy atom. The first kappa shape index (κ1) is 20.7. The van der Waals surface area contributed by atoms with Crippen LogP contribution in [-0.2, 0) is 4.74 Å². The van der Waals surface area contributed by atoms with Gasteiger partial charge in [0, 0.05) is 22.5 Å². The summed E-state index contributed by atoms with van der Waals surface area (Å²) in [6.45, 7) is 6.23. The highest BCUT2D eigenvalue weighted by Crippen LogP contribution is 2.30. The van der Waals surface area contributed by atoms with Crippen LogP contribution < -0.4 is 5.32 Å². The molecule has 0 spiro atoms. The van der Waals surface area contributed by atoms with Gasteiger partial charge in [-0.1, -0.05) is 11.6 Å². The van der Waals surface area contributed by atoms with Crippen molar-refractivity contribution in [2.75, 3.05) is 18.4 Å². The minimum absolute atomic E-state index is 0.198. The molecule has 0 unspecified atom stereocenters. The molecule has 1 saturated heterocycles. The average Bonchev–Trinajstić information content (AvgIpc) is 2.93. The van der Waals surface area contributed by atoms with Crippen LogP contribution in [0.4, 0.5) is 10.6 Å². The summed E-state index contributed by atoms with van der Waals surface area (Å²) in [5.74, 6) is 0.613. The van der Waals surface area contributed by atoms with E-state index in [-0.39, 0.29) is 12.6 Å². The molecule has 9 heteroatoms. The molecule has 8 nitrogen and oxygen atoms in total. The van der Waals surface area contributed by atoms with Crippen LogP contribution in [0.25, 0.3) is 21.9 Å². The molecule has 30 heavy (non-hydrogen) atoms. The van der Waals surface area contributed by atoms with Gasteiger partial charge in [0.05, 0.1) is 18.7 Å². The number of benzene rings is 1. The Morgan fingerprint density at radius 1 is 1.37 bits per heavy atom. The van der Waals surface area contributed by atoms with Crippen LogP contribution in [-0.4, -0.2) is 61.9 Å². The first-order valence-electron chi connectivity index (χ1n) is 10.1. The first-order valence-corrected chi connectivity index (χ1v) is 10.4. The third-order valence-corrected chi connectivity index (χ3v) is 5.37.